The second kappa shape index (κ2) is 6.72. The lowest BCUT2D eigenvalue weighted by Crippen LogP contribution is -2.52. The highest BCUT2D eigenvalue weighted by molar-refractivity contribution is 6.05. The summed E-state index contributed by atoms with van der Waals surface area (Å²) in [6.45, 7) is 5.53. The molecule has 2 atom stereocenters. The first-order valence-corrected chi connectivity index (χ1v) is 9.21. The Morgan fingerprint density at radius 2 is 2.08 bits per heavy atom. The molecule has 3 heterocycles. The monoisotopic (exact) mass is 357 g/mol. The highest BCUT2D eigenvalue weighted by Gasteiger charge is 2.39. The summed E-state index contributed by atoms with van der Waals surface area (Å²) >= 11 is 0. The molecule has 3 amide bonds. The van der Waals surface area contributed by atoms with E-state index >= 15 is 0 Å². The first-order valence-electron chi connectivity index (χ1n) is 9.21. The van der Waals surface area contributed by atoms with Crippen LogP contribution in [-0.2, 0) is 16.1 Å². The minimum absolute atomic E-state index is 0.154. The van der Waals surface area contributed by atoms with Crippen LogP contribution >= 0.6 is 0 Å². The summed E-state index contributed by atoms with van der Waals surface area (Å²) in [5.74, 6) is -0.0445. The molecule has 0 aliphatic carbocycles. The predicted octanol–water partition coefficient (Wildman–Crippen LogP) is 0.921. The van der Waals surface area contributed by atoms with Crippen molar-refractivity contribution >= 4 is 17.7 Å². The Balaban J connectivity index is 1.46. The minimum atomic E-state index is -0.579. The van der Waals surface area contributed by atoms with E-state index in [0.717, 1.165) is 37.4 Å². The largest absolute Gasteiger partial charge is 0.489 e. The van der Waals surface area contributed by atoms with Gasteiger partial charge in [-0.05, 0) is 43.1 Å². The number of carbonyl (C=O) groups is 3. The zero-order valence-corrected chi connectivity index (χ0v) is 14.9. The maximum atomic E-state index is 12.7. The number of nitrogens with one attached hydrogen (secondary N) is 1. The van der Waals surface area contributed by atoms with Gasteiger partial charge in [0.2, 0.25) is 11.8 Å². The number of hydrogen-bond acceptors (Lipinski definition) is 5. The van der Waals surface area contributed by atoms with Gasteiger partial charge in [-0.3, -0.25) is 24.6 Å². The van der Waals surface area contributed by atoms with Crippen LogP contribution in [0.2, 0.25) is 0 Å². The third kappa shape index (κ3) is 3.07. The smallest absolute Gasteiger partial charge is 0.255 e. The van der Waals surface area contributed by atoms with Crippen molar-refractivity contribution in [3.63, 3.8) is 0 Å². The minimum Gasteiger partial charge on any atom is -0.489 e. The van der Waals surface area contributed by atoms with E-state index in [9.17, 15) is 14.4 Å². The average Bonchev–Trinajstić information content (AvgIpc) is 3.19. The maximum Gasteiger partial charge on any atom is 0.255 e. The Morgan fingerprint density at radius 3 is 2.81 bits per heavy atom. The molecular weight excluding hydrogens is 334 g/mol. The summed E-state index contributed by atoms with van der Waals surface area (Å²) in [6.07, 6.45) is 1.83. The van der Waals surface area contributed by atoms with Crippen LogP contribution in [0, 0.1) is 0 Å². The number of nitrogens with zero attached hydrogens (tertiary/aromatic N) is 2. The molecule has 0 bridgehead atoms. The number of rotatable bonds is 4. The van der Waals surface area contributed by atoms with Crippen molar-refractivity contribution < 1.29 is 19.1 Å². The number of likely N-dealkylation sites (N-methyl/N-ethyl adjacent to an activating group) is 1. The van der Waals surface area contributed by atoms with E-state index in [1.54, 1.807) is 11.0 Å². The molecule has 2 saturated heterocycles. The quantitative estimate of drug-likeness (QED) is 0.811. The molecule has 1 aromatic carbocycles. The van der Waals surface area contributed by atoms with E-state index in [0.29, 0.717) is 18.5 Å². The highest BCUT2D eigenvalue weighted by atomic mass is 16.5. The Bertz CT molecular complexity index is 763. The van der Waals surface area contributed by atoms with Crippen molar-refractivity contribution in [1.29, 1.82) is 0 Å². The van der Waals surface area contributed by atoms with E-state index in [-0.39, 0.29) is 30.2 Å². The Labute approximate surface area is 152 Å². The van der Waals surface area contributed by atoms with E-state index in [2.05, 4.69) is 17.1 Å². The van der Waals surface area contributed by atoms with Gasteiger partial charge in [0.05, 0.1) is 0 Å². The van der Waals surface area contributed by atoms with Crippen molar-refractivity contribution in [2.24, 2.45) is 0 Å². The molecule has 0 aromatic heterocycles. The van der Waals surface area contributed by atoms with Crippen molar-refractivity contribution in [3.05, 3.63) is 29.3 Å². The van der Waals surface area contributed by atoms with Gasteiger partial charge < -0.3 is 9.64 Å². The van der Waals surface area contributed by atoms with Crippen LogP contribution in [-0.4, -0.2) is 59.3 Å². The van der Waals surface area contributed by atoms with Gasteiger partial charge in [0.15, 0.2) is 0 Å². The van der Waals surface area contributed by atoms with Gasteiger partial charge in [-0.2, -0.15) is 0 Å². The number of fused-ring (bicyclic) bond motifs is 1. The lowest BCUT2D eigenvalue weighted by Gasteiger charge is -2.29. The molecule has 1 N–H and O–H groups in total. The standard InChI is InChI=1S/C19H23N3O4/c1-2-21-8-7-14(11-21)26-13-3-4-15-12(9-13)10-22(19(15)25)16-5-6-17(23)20-18(16)24/h3-4,9,14,16H,2,5-8,10-11H2,1H3,(H,20,23,24). The fourth-order valence-electron chi connectivity index (χ4n) is 4.00. The van der Waals surface area contributed by atoms with Crippen molar-refractivity contribution in [2.45, 2.75) is 44.9 Å². The zero-order chi connectivity index (χ0) is 18.3. The summed E-state index contributed by atoms with van der Waals surface area (Å²) in [7, 11) is 0. The number of amides is 3. The molecule has 0 spiro atoms. The maximum absolute atomic E-state index is 12.7. The number of likely N-dealkylation sites (tertiary alicyclic amines) is 1. The normalized spacial score (nSPS) is 26.2. The van der Waals surface area contributed by atoms with Crippen LogP contribution in [0.4, 0.5) is 0 Å². The van der Waals surface area contributed by atoms with Crippen LogP contribution in [0.3, 0.4) is 0 Å². The van der Waals surface area contributed by atoms with Crippen LogP contribution < -0.4 is 10.1 Å². The molecular formula is C19H23N3O4. The van der Waals surface area contributed by atoms with Crippen molar-refractivity contribution in [3.8, 4) is 5.75 Å². The van der Waals surface area contributed by atoms with Crippen molar-refractivity contribution in [2.75, 3.05) is 19.6 Å². The molecule has 138 valence electrons. The second-order valence-electron chi connectivity index (χ2n) is 7.14. The first-order chi connectivity index (χ1) is 12.5. The van der Waals surface area contributed by atoms with Crippen LogP contribution in [0.5, 0.6) is 5.75 Å². The van der Waals surface area contributed by atoms with Crippen LogP contribution in [0.1, 0.15) is 42.1 Å². The summed E-state index contributed by atoms with van der Waals surface area (Å²) in [5.41, 5.74) is 1.49. The number of ether oxygens (including phenoxy) is 1. The molecule has 1 aromatic rings. The van der Waals surface area contributed by atoms with E-state index in [1.165, 1.54) is 0 Å². The third-order valence-corrected chi connectivity index (χ3v) is 5.47. The molecule has 26 heavy (non-hydrogen) atoms. The zero-order valence-electron chi connectivity index (χ0n) is 14.9. The van der Waals surface area contributed by atoms with Gasteiger partial charge >= 0.3 is 0 Å². The molecule has 7 nitrogen and oxygen atoms in total. The molecule has 7 heteroatoms. The van der Waals surface area contributed by atoms with Gasteiger partial charge in [0, 0.05) is 31.6 Å². The van der Waals surface area contributed by atoms with Gasteiger partial charge in [-0.1, -0.05) is 6.92 Å². The topological polar surface area (TPSA) is 79.0 Å². The number of carbonyl (C=O) groups excluding carboxylic acids is 3. The first kappa shape index (κ1) is 17.0. The molecule has 4 rings (SSSR count). The van der Waals surface area contributed by atoms with E-state index in [1.807, 2.05) is 12.1 Å². The van der Waals surface area contributed by atoms with E-state index in [4.69, 9.17) is 4.74 Å². The lowest BCUT2D eigenvalue weighted by molar-refractivity contribution is -0.136. The Morgan fingerprint density at radius 1 is 1.23 bits per heavy atom. The number of benzene rings is 1. The fraction of sp³-hybridized carbons (Fsp3) is 0.526. The van der Waals surface area contributed by atoms with E-state index < -0.39 is 6.04 Å². The Kier molecular flexibility index (Phi) is 4.40. The molecule has 0 radical (unpaired) electrons. The number of piperidine rings is 1. The van der Waals surface area contributed by atoms with Crippen LogP contribution in [0.25, 0.3) is 0 Å². The summed E-state index contributed by atoms with van der Waals surface area (Å²) in [4.78, 5) is 40.0. The van der Waals surface area contributed by atoms with Crippen molar-refractivity contribution in [1.82, 2.24) is 15.1 Å². The fourth-order valence-corrected chi connectivity index (χ4v) is 4.00. The predicted molar refractivity (Wildman–Crippen MR) is 93.6 cm³/mol. The average molecular weight is 357 g/mol. The summed E-state index contributed by atoms with van der Waals surface area (Å²) in [5, 5.41) is 2.32. The molecule has 3 aliphatic rings. The molecule has 2 unspecified atom stereocenters. The highest BCUT2D eigenvalue weighted by Crippen LogP contribution is 2.31. The molecule has 0 saturated carbocycles. The van der Waals surface area contributed by atoms with Gasteiger partial charge in [0.25, 0.3) is 5.91 Å². The molecule has 3 aliphatic heterocycles. The Hall–Kier alpha value is -2.41. The number of imide groups is 1. The summed E-state index contributed by atoms with van der Waals surface area (Å²) < 4.78 is 6.09. The summed E-state index contributed by atoms with van der Waals surface area (Å²) in [6, 6.07) is 4.95. The SMILES string of the molecule is CCN1CCC(Oc2ccc3c(c2)CN(C2CCC(=O)NC2=O)C3=O)C1. The lowest BCUT2D eigenvalue weighted by atomic mass is 10.0. The molecule has 2 fully saturated rings. The van der Waals surface area contributed by atoms with Gasteiger partial charge in [0.1, 0.15) is 17.9 Å². The van der Waals surface area contributed by atoms with Gasteiger partial charge in [-0.15, -0.1) is 0 Å². The van der Waals surface area contributed by atoms with Gasteiger partial charge in [-0.25, -0.2) is 0 Å². The second-order valence-corrected chi connectivity index (χ2v) is 7.14. The third-order valence-electron chi connectivity index (χ3n) is 5.47. The van der Waals surface area contributed by atoms with Crippen LogP contribution in [0.15, 0.2) is 18.2 Å². The number of hydrogen-bond donors (Lipinski definition) is 1.